The number of nitrogens with one attached hydrogen (secondary N) is 1. The number of thioether (sulfide) groups is 1. The van der Waals surface area contributed by atoms with Gasteiger partial charge < -0.3 is 15.0 Å². The summed E-state index contributed by atoms with van der Waals surface area (Å²) in [6.45, 7) is 5.17. The molecule has 1 aliphatic heterocycles. The van der Waals surface area contributed by atoms with E-state index >= 15 is 0 Å². The molecule has 0 atom stereocenters. The van der Waals surface area contributed by atoms with Gasteiger partial charge in [0.05, 0.1) is 23.5 Å². The molecule has 184 valence electrons. The molecular weight excluding hydrogens is 515 g/mol. The van der Waals surface area contributed by atoms with E-state index in [0.717, 1.165) is 46.0 Å². The van der Waals surface area contributed by atoms with Crippen molar-refractivity contribution in [2.24, 2.45) is 0 Å². The lowest BCUT2D eigenvalue weighted by molar-refractivity contribution is -0.113. The third-order valence-corrected chi connectivity index (χ3v) is 8.75. The Labute approximate surface area is 221 Å². The molecule has 0 fully saturated rings. The molecule has 1 aliphatic rings. The summed E-state index contributed by atoms with van der Waals surface area (Å²) in [6.07, 6.45) is 0.770. The molecule has 36 heavy (non-hydrogen) atoms. The van der Waals surface area contributed by atoms with Gasteiger partial charge in [-0.15, -0.1) is 22.7 Å². The Hall–Kier alpha value is -3.22. The first kappa shape index (κ1) is 25.9. The van der Waals surface area contributed by atoms with Crippen LogP contribution in [0.1, 0.15) is 44.5 Å². The van der Waals surface area contributed by atoms with E-state index in [-0.39, 0.29) is 23.8 Å². The first-order chi connectivity index (χ1) is 17.4. The van der Waals surface area contributed by atoms with Crippen LogP contribution in [-0.2, 0) is 22.5 Å². The van der Waals surface area contributed by atoms with E-state index in [1.54, 1.807) is 25.2 Å². The second-order valence-electron chi connectivity index (χ2n) is 8.10. The molecule has 0 unspecified atom stereocenters. The molecule has 0 saturated heterocycles. The van der Waals surface area contributed by atoms with Crippen LogP contribution in [0.5, 0.6) is 0 Å². The van der Waals surface area contributed by atoms with Gasteiger partial charge in [0, 0.05) is 35.6 Å². The summed E-state index contributed by atoms with van der Waals surface area (Å²) < 4.78 is 5.06. The SMILES string of the molecule is CCOC(=O)c1sc(NC(=O)CSc2nc3c(c(-c4cccs4)c2C#N)CN(C)CC3)c(C#N)c1C. The van der Waals surface area contributed by atoms with Gasteiger partial charge in [-0.05, 0) is 43.5 Å². The van der Waals surface area contributed by atoms with Crippen LogP contribution in [0.3, 0.4) is 0 Å². The number of hydrogen-bond acceptors (Lipinski definition) is 10. The third-order valence-electron chi connectivity index (χ3n) is 5.70. The predicted octanol–water partition coefficient (Wildman–Crippen LogP) is 4.82. The van der Waals surface area contributed by atoms with Gasteiger partial charge in [0.15, 0.2) is 0 Å². The van der Waals surface area contributed by atoms with Gasteiger partial charge >= 0.3 is 5.97 Å². The Kier molecular flexibility index (Phi) is 8.07. The van der Waals surface area contributed by atoms with Crippen LogP contribution in [0, 0.1) is 29.6 Å². The first-order valence-electron chi connectivity index (χ1n) is 11.2. The molecule has 0 aromatic carbocycles. The van der Waals surface area contributed by atoms with Crippen LogP contribution >= 0.6 is 34.4 Å². The maximum absolute atomic E-state index is 12.8. The maximum atomic E-state index is 12.8. The fourth-order valence-corrected chi connectivity index (χ4v) is 6.67. The molecule has 1 amide bonds. The van der Waals surface area contributed by atoms with E-state index < -0.39 is 5.97 Å². The number of rotatable bonds is 7. The average Bonchev–Trinajstić information content (AvgIpc) is 3.50. The summed E-state index contributed by atoms with van der Waals surface area (Å²) in [4.78, 5) is 33.4. The highest BCUT2D eigenvalue weighted by molar-refractivity contribution is 8.00. The highest BCUT2D eigenvalue weighted by Gasteiger charge is 2.26. The van der Waals surface area contributed by atoms with Crippen molar-refractivity contribution in [3.8, 4) is 22.6 Å². The smallest absolute Gasteiger partial charge is 0.348 e. The van der Waals surface area contributed by atoms with Crippen LogP contribution in [0.25, 0.3) is 10.4 Å². The number of carbonyl (C=O) groups excluding carboxylic acids is 2. The number of ether oxygens (including phenoxy) is 1. The van der Waals surface area contributed by atoms with E-state index in [1.165, 1.54) is 11.8 Å². The van der Waals surface area contributed by atoms with Crippen molar-refractivity contribution >= 4 is 51.3 Å². The van der Waals surface area contributed by atoms with Gasteiger partial charge in [0.25, 0.3) is 0 Å². The summed E-state index contributed by atoms with van der Waals surface area (Å²) in [5.74, 6) is -0.870. The molecule has 3 aromatic rings. The Morgan fingerprint density at radius 3 is 2.75 bits per heavy atom. The third kappa shape index (κ3) is 5.15. The monoisotopic (exact) mass is 537 g/mol. The molecule has 11 heteroatoms. The Bertz CT molecular complexity index is 1400. The molecule has 4 rings (SSSR count). The van der Waals surface area contributed by atoms with Crippen molar-refractivity contribution in [3.05, 3.63) is 50.3 Å². The quantitative estimate of drug-likeness (QED) is 0.337. The summed E-state index contributed by atoms with van der Waals surface area (Å²) >= 11 is 3.80. The Balaban J connectivity index is 1.59. The van der Waals surface area contributed by atoms with Gasteiger partial charge in [0.1, 0.15) is 27.0 Å². The van der Waals surface area contributed by atoms with Crippen molar-refractivity contribution in [2.45, 2.75) is 31.8 Å². The van der Waals surface area contributed by atoms with Gasteiger partial charge in [-0.25, -0.2) is 9.78 Å². The van der Waals surface area contributed by atoms with Gasteiger partial charge in [-0.2, -0.15) is 10.5 Å². The zero-order valence-electron chi connectivity index (χ0n) is 20.0. The number of nitriles is 2. The number of aromatic nitrogens is 1. The highest BCUT2D eigenvalue weighted by atomic mass is 32.2. The topological polar surface area (TPSA) is 119 Å². The molecule has 3 aromatic heterocycles. The van der Waals surface area contributed by atoms with Gasteiger partial charge in [-0.3, -0.25) is 4.79 Å². The summed E-state index contributed by atoms with van der Waals surface area (Å²) in [6, 6.07) is 8.35. The fourth-order valence-electron chi connectivity index (χ4n) is 4.00. The zero-order valence-corrected chi connectivity index (χ0v) is 22.5. The largest absolute Gasteiger partial charge is 0.462 e. The number of pyridine rings is 1. The van der Waals surface area contributed by atoms with Crippen LogP contribution < -0.4 is 5.32 Å². The molecule has 0 aliphatic carbocycles. The summed E-state index contributed by atoms with van der Waals surface area (Å²) in [5, 5.41) is 25.2. The lowest BCUT2D eigenvalue weighted by Gasteiger charge is -2.27. The van der Waals surface area contributed by atoms with Crippen LogP contribution in [0.2, 0.25) is 0 Å². The molecule has 0 saturated carbocycles. The maximum Gasteiger partial charge on any atom is 0.348 e. The molecule has 0 spiro atoms. The number of amides is 1. The van der Waals surface area contributed by atoms with E-state index in [2.05, 4.69) is 29.4 Å². The van der Waals surface area contributed by atoms with Gasteiger partial charge in [0.2, 0.25) is 5.91 Å². The molecule has 0 radical (unpaired) electrons. The predicted molar refractivity (Wildman–Crippen MR) is 141 cm³/mol. The van der Waals surface area contributed by atoms with E-state index in [9.17, 15) is 20.1 Å². The van der Waals surface area contributed by atoms with Crippen molar-refractivity contribution in [1.82, 2.24) is 9.88 Å². The zero-order chi connectivity index (χ0) is 25.8. The van der Waals surface area contributed by atoms with E-state index in [0.29, 0.717) is 32.6 Å². The number of carbonyl (C=O) groups is 2. The van der Waals surface area contributed by atoms with Crippen LogP contribution in [0.4, 0.5) is 5.00 Å². The van der Waals surface area contributed by atoms with Crippen molar-refractivity contribution in [2.75, 3.05) is 31.3 Å². The second kappa shape index (κ2) is 11.2. The van der Waals surface area contributed by atoms with E-state index in [4.69, 9.17) is 9.72 Å². The number of nitrogens with zero attached hydrogens (tertiary/aromatic N) is 4. The molecular formula is C25H23N5O3S3. The minimum absolute atomic E-state index is 0.000799. The molecule has 1 N–H and O–H groups in total. The average molecular weight is 538 g/mol. The Morgan fingerprint density at radius 1 is 1.31 bits per heavy atom. The lowest BCUT2D eigenvalue weighted by Crippen LogP contribution is -2.28. The van der Waals surface area contributed by atoms with Crippen molar-refractivity contribution < 1.29 is 14.3 Å². The number of thiophene rings is 2. The number of fused-ring (bicyclic) bond motifs is 1. The van der Waals surface area contributed by atoms with E-state index in [1.807, 2.05) is 17.5 Å². The van der Waals surface area contributed by atoms with Crippen molar-refractivity contribution in [1.29, 1.82) is 10.5 Å². The molecule has 8 nitrogen and oxygen atoms in total. The second-order valence-corrected chi connectivity index (χ2v) is 11.0. The van der Waals surface area contributed by atoms with Crippen LogP contribution in [0.15, 0.2) is 22.5 Å². The lowest BCUT2D eigenvalue weighted by atomic mass is 9.96. The van der Waals surface area contributed by atoms with Crippen molar-refractivity contribution in [3.63, 3.8) is 0 Å². The summed E-state index contributed by atoms with van der Waals surface area (Å²) in [7, 11) is 2.05. The number of esters is 1. The standard InChI is InChI=1S/C25H23N5O3S3/c1-4-33-25(32)22-14(2)15(10-26)24(36-22)29-20(31)13-35-23-16(11-27)21(19-6-5-9-34-19)17-12-30(3)8-7-18(17)28-23/h5-6,9H,4,7-8,12-13H2,1-3H3,(H,29,31). The number of likely N-dealkylation sites (N-methyl/N-ethyl adjacent to an activating group) is 1. The minimum Gasteiger partial charge on any atom is -0.462 e. The number of anilines is 1. The Morgan fingerprint density at radius 2 is 2.08 bits per heavy atom. The highest BCUT2D eigenvalue weighted by Crippen LogP contribution is 2.39. The van der Waals surface area contributed by atoms with Crippen LogP contribution in [-0.4, -0.2) is 47.7 Å². The molecule has 4 heterocycles. The molecule has 0 bridgehead atoms. The minimum atomic E-state index is -0.518. The fraction of sp³-hybridized carbons (Fsp3) is 0.320. The normalized spacial score (nSPS) is 12.9. The summed E-state index contributed by atoms with van der Waals surface area (Å²) in [5.41, 5.74) is 4.12. The van der Waals surface area contributed by atoms with Gasteiger partial charge in [-0.1, -0.05) is 17.8 Å². The first-order valence-corrected chi connectivity index (χ1v) is 13.9. The number of hydrogen-bond donors (Lipinski definition) is 1.